The Hall–Kier alpha value is -2.18. The molecule has 0 aromatic heterocycles. The molecule has 0 aliphatic carbocycles. The zero-order valence-corrected chi connectivity index (χ0v) is 21.0. The third-order valence-electron chi connectivity index (χ3n) is 6.04. The molecule has 12 heteroatoms. The summed E-state index contributed by atoms with van der Waals surface area (Å²) in [4.78, 5) is 27.4. The van der Waals surface area contributed by atoms with Crippen LogP contribution in [0.4, 0.5) is 0 Å². The van der Waals surface area contributed by atoms with E-state index >= 15 is 0 Å². The molecule has 186 valence electrons. The normalized spacial score (nSPS) is 25.9. The fraction of sp³-hybridized carbons (Fsp3) is 0.619. The number of esters is 2. The molecule has 1 fully saturated rings. The molecule has 0 amide bonds. The van der Waals surface area contributed by atoms with Gasteiger partial charge in [0.1, 0.15) is 5.75 Å². The number of sulfone groups is 2. The smallest absolute Gasteiger partial charge is 0.324 e. The van der Waals surface area contributed by atoms with Gasteiger partial charge in [0, 0.05) is 12.5 Å². The number of rotatable bonds is 9. The molecule has 2 rings (SSSR count). The van der Waals surface area contributed by atoms with Gasteiger partial charge in [-0.25, -0.2) is 16.8 Å². The number of methoxy groups -OCH3 is 3. The molecule has 0 spiro atoms. The van der Waals surface area contributed by atoms with Gasteiger partial charge in [-0.3, -0.25) is 9.59 Å². The van der Waals surface area contributed by atoms with Gasteiger partial charge in [0.2, 0.25) is 0 Å². The third kappa shape index (κ3) is 5.17. The molecule has 10 nitrogen and oxygen atoms in total. The Labute approximate surface area is 195 Å². The summed E-state index contributed by atoms with van der Waals surface area (Å²) in [6.07, 6.45) is -0.289. The monoisotopic (exact) mass is 505 g/mol. The number of carbonyl (C=O) groups is 2. The number of carbonyl (C=O) groups excluding carboxylic acids is 2. The fourth-order valence-corrected chi connectivity index (χ4v) is 10.2. The SMILES string of the molecule is CCN(CC)CCC1S(=O)(=O)[C@H](C(=O)OC)C(c2ccc(OC)cc2)[C@@H](C(=O)OC)S1(=O)=O. The van der Waals surface area contributed by atoms with Crippen LogP contribution in [0.2, 0.25) is 0 Å². The molecular formula is C21H31NO9S2. The minimum atomic E-state index is -4.61. The van der Waals surface area contributed by atoms with Gasteiger partial charge in [-0.1, -0.05) is 26.0 Å². The van der Waals surface area contributed by atoms with E-state index in [1.807, 2.05) is 18.7 Å². The minimum Gasteiger partial charge on any atom is -0.497 e. The summed E-state index contributed by atoms with van der Waals surface area (Å²) in [7, 11) is -5.76. The molecule has 33 heavy (non-hydrogen) atoms. The number of benzene rings is 1. The Morgan fingerprint density at radius 3 is 1.67 bits per heavy atom. The summed E-state index contributed by atoms with van der Waals surface area (Å²) in [5.41, 5.74) is 0.163. The first-order valence-electron chi connectivity index (χ1n) is 10.5. The van der Waals surface area contributed by atoms with E-state index < -0.39 is 52.6 Å². The van der Waals surface area contributed by atoms with Gasteiger partial charge in [-0.15, -0.1) is 0 Å². The average Bonchev–Trinajstić information content (AvgIpc) is 2.79. The van der Waals surface area contributed by atoms with Gasteiger partial charge in [0.25, 0.3) is 0 Å². The molecule has 0 bridgehead atoms. The van der Waals surface area contributed by atoms with Gasteiger partial charge in [0.15, 0.2) is 34.8 Å². The second-order valence-electron chi connectivity index (χ2n) is 7.61. The Balaban J connectivity index is 2.75. The molecule has 2 atom stereocenters. The molecule has 0 radical (unpaired) electrons. The molecule has 1 aromatic rings. The van der Waals surface area contributed by atoms with Crippen LogP contribution in [0.25, 0.3) is 0 Å². The summed E-state index contributed by atoms with van der Waals surface area (Å²) >= 11 is 0. The van der Waals surface area contributed by atoms with Crippen molar-refractivity contribution in [3.8, 4) is 5.75 Å². The first-order valence-corrected chi connectivity index (χ1v) is 13.7. The molecule has 0 unspecified atom stereocenters. The van der Waals surface area contributed by atoms with Crippen LogP contribution in [-0.2, 0) is 38.7 Å². The van der Waals surface area contributed by atoms with Crippen molar-refractivity contribution in [2.75, 3.05) is 41.0 Å². The lowest BCUT2D eigenvalue weighted by atomic mass is 9.91. The Morgan fingerprint density at radius 1 is 0.848 bits per heavy atom. The van der Waals surface area contributed by atoms with E-state index in [9.17, 15) is 26.4 Å². The summed E-state index contributed by atoms with van der Waals surface area (Å²) < 4.78 is 67.1. The first kappa shape index (κ1) is 27.1. The molecule has 1 aromatic carbocycles. The standard InChI is InChI=1S/C21H31NO9S2/c1-6-22(7-2)13-12-16-32(25,26)18(20(23)30-4)17(14-8-10-15(29-3)11-9-14)19(21(24)31-5)33(16,27)28/h8-11,16-19H,6-7,12-13H2,1-5H3/t16?,17?,18-,19-/m0/s1. The molecule has 1 aliphatic heterocycles. The zero-order chi connectivity index (χ0) is 25.0. The maximum Gasteiger partial charge on any atom is 0.324 e. The fourth-order valence-electron chi connectivity index (χ4n) is 4.21. The lowest BCUT2D eigenvalue weighted by Gasteiger charge is -2.39. The predicted molar refractivity (Wildman–Crippen MR) is 121 cm³/mol. The summed E-state index contributed by atoms with van der Waals surface area (Å²) in [5.74, 6) is -3.38. The van der Waals surface area contributed by atoms with E-state index in [1.165, 1.54) is 31.4 Å². The van der Waals surface area contributed by atoms with Gasteiger partial charge in [0.05, 0.1) is 21.3 Å². The van der Waals surface area contributed by atoms with E-state index in [-0.39, 0.29) is 18.5 Å². The molecule has 0 N–H and O–H groups in total. The molecule has 1 saturated heterocycles. The number of nitrogens with zero attached hydrogens (tertiary/aromatic N) is 1. The number of ether oxygens (including phenoxy) is 3. The van der Waals surface area contributed by atoms with Crippen molar-refractivity contribution in [1.29, 1.82) is 0 Å². The van der Waals surface area contributed by atoms with Gasteiger partial charge in [-0.2, -0.15) is 0 Å². The van der Waals surface area contributed by atoms with Crippen molar-refractivity contribution in [2.24, 2.45) is 0 Å². The summed E-state index contributed by atoms with van der Waals surface area (Å²) in [6.45, 7) is 5.05. The summed E-state index contributed by atoms with van der Waals surface area (Å²) in [5, 5.41) is -3.80. The van der Waals surface area contributed by atoms with Crippen LogP contribution in [0.5, 0.6) is 5.75 Å². The van der Waals surface area contributed by atoms with Crippen molar-refractivity contribution in [2.45, 2.75) is 41.3 Å². The summed E-state index contributed by atoms with van der Waals surface area (Å²) in [6, 6.07) is 5.83. The number of hydrogen-bond acceptors (Lipinski definition) is 10. The zero-order valence-electron chi connectivity index (χ0n) is 19.4. The Bertz CT molecular complexity index is 994. The van der Waals surface area contributed by atoms with Gasteiger partial charge < -0.3 is 19.1 Å². The lowest BCUT2D eigenvalue weighted by Crippen LogP contribution is -2.60. The minimum absolute atomic E-state index is 0.158. The second kappa shape index (κ2) is 10.8. The van der Waals surface area contributed by atoms with Gasteiger partial charge in [-0.05, 0) is 37.2 Å². The van der Waals surface area contributed by atoms with Gasteiger partial charge >= 0.3 is 11.9 Å². The Kier molecular flexibility index (Phi) is 8.88. The van der Waals surface area contributed by atoms with Crippen LogP contribution in [0, 0.1) is 0 Å². The first-order chi connectivity index (χ1) is 15.5. The van der Waals surface area contributed by atoms with Crippen molar-refractivity contribution >= 4 is 31.6 Å². The topological polar surface area (TPSA) is 133 Å². The van der Waals surface area contributed by atoms with Crippen LogP contribution < -0.4 is 4.74 Å². The van der Waals surface area contributed by atoms with E-state index in [4.69, 9.17) is 14.2 Å². The van der Waals surface area contributed by atoms with Crippen molar-refractivity contribution in [3.63, 3.8) is 0 Å². The maximum atomic E-state index is 13.6. The lowest BCUT2D eigenvalue weighted by molar-refractivity contribution is -0.142. The van der Waals surface area contributed by atoms with E-state index in [1.54, 1.807) is 0 Å². The van der Waals surface area contributed by atoms with E-state index in [0.717, 1.165) is 14.2 Å². The quantitative estimate of drug-likeness (QED) is 0.443. The highest BCUT2D eigenvalue weighted by atomic mass is 32.3. The van der Waals surface area contributed by atoms with Crippen molar-refractivity contribution in [1.82, 2.24) is 4.90 Å². The third-order valence-corrected chi connectivity index (χ3v) is 12.0. The van der Waals surface area contributed by atoms with Crippen LogP contribution in [-0.4, -0.2) is 89.7 Å². The largest absolute Gasteiger partial charge is 0.497 e. The van der Waals surface area contributed by atoms with Crippen LogP contribution in [0.15, 0.2) is 24.3 Å². The predicted octanol–water partition coefficient (Wildman–Crippen LogP) is 0.763. The highest BCUT2D eigenvalue weighted by molar-refractivity contribution is 8.11. The maximum absolute atomic E-state index is 13.6. The molecular weight excluding hydrogens is 474 g/mol. The Morgan fingerprint density at radius 2 is 1.30 bits per heavy atom. The second-order valence-corrected chi connectivity index (χ2v) is 12.4. The van der Waals surface area contributed by atoms with E-state index in [2.05, 4.69) is 0 Å². The molecule has 1 heterocycles. The average molecular weight is 506 g/mol. The highest BCUT2D eigenvalue weighted by Gasteiger charge is 2.63. The van der Waals surface area contributed by atoms with E-state index in [0.29, 0.717) is 18.8 Å². The van der Waals surface area contributed by atoms with Crippen LogP contribution >= 0.6 is 0 Å². The van der Waals surface area contributed by atoms with Crippen molar-refractivity contribution in [3.05, 3.63) is 29.8 Å². The number of hydrogen-bond donors (Lipinski definition) is 0. The molecule has 0 saturated carbocycles. The van der Waals surface area contributed by atoms with Crippen LogP contribution in [0.3, 0.4) is 0 Å². The van der Waals surface area contributed by atoms with Crippen LogP contribution in [0.1, 0.15) is 31.7 Å². The van der Waals surface area contributed by atoms with Crippen molar-refractivity contribution < 1.29 is 40.6 Å². The molecule has 1 aliphatic rings. The highest BCUT2D eigenvalue weighted by Crippen LogP contribution is 2.43.